The number of hydrogen-bond acceptors (Lipinski definition) is 5. The molecule has 1 amide bonds. The summed E-state index contributed by atoms with van der Waals surface area (Å²) in [5, 5.41) is 15.6. The fourth-order valence-corrected chi connectivity index (χ4v) is 3.88. The molecule has 2 aromatic carbocycles. The van der Waals surface area contributed by atoms with E-state index in [0.29, 0.717) is 23.0 Å². The predicted octanol–water partition coefficient (Wildman–Crippen LogP) is 3.94. The number of anilines is 1. The molecule has 29 heavy (non-hydrogen) atoms. The highest BCUT2D eigenvalue weighted by atomic mass is 35.5. The Kier molecular flexibility index (Phi) is 5.76. The van der Waals surface area contributed by atoms with Gasteiger partial charge in [-0.15, -0.1) is 5.10 Å². The molecule has 7 nitrogen and oxygen atoms in total. The first-order valence-electron chi connectivity index (χ1n) is 9.80. The topological polar surface area (TPSA) is 75.9 Å². The monoisotopic (exact) mass is 410 g/mol. The quantitative estimate of drug-likeness (QED) is 0.689. The summed E-state index contributed by atoms with van der Waals surface area (Å²) in [4.78, 5) is 14.8. The second kappa shape index (κ2) is 8.61. The highest BCUT2D eigenvalue weighted by Gasteiger charge is 2.25. The van der Waals surface area contributed by atoms with Gasteiger partial charge in [-0.25, -0.2) is 0 Å². The molecule has 1 aliphatic heterocycles. The lowest BCUT2D eigenvalue weighted by atomic mass is 10.0. The number of para-hydroxylation sites is 1. The molecule has 1 unspecified atom stereocenters. The Bertz CT molecular complexity index is 990. The van der Waals surface area contributed by atoms with Gasteiger partial charge in [0.15, 0.2) is 5.82 Å². The minimum Gasteiger partial charge on any atom is -0.378 e. The van der Waals surface area contributed by atoms with Gasteiger partial charge in [-0.05, 0) is 66.9 Å². The number of piperidine rings is 1. The number of tetrazole rings is 1. The van der Waals surface area contributed by atoms with Crippen molar-refractivity contribution in [2.75, 3.05) is 11.9 Å². The third kappa shape index (κ3) is 4.24. The second-order valence-electron chi connectivity index (χ2n) is 7.23. The summed E-state index contributed by atoms with van der Waals surface area (Å²) in [5.41, 5.74) is 2.24. The van der Waals surface area contributed by atoms with E-state index in [0.717, 1.165) is 30.8 Å². The number of amides is 1. The number of hydrogen-bond donors (Lipinski definition) is 1. The van der Waals surface area contributed by atoms with Crippen LogP contribution in [0.15, 0.2) is 48.5 Å². The van der Waals surface area contributed by atoms with Crippen molar-refractivity contribution in [3.05, 3.63) is 64.9 Å². The summed E-state index contributed by atoms with van der Waals surface area (Å²) in [6.07, 6.45) is 3.26. The van der Waals surface area contributed by atoms with Crippen molar-refractivity contribution in [1.82, 2.24) is 25.1 Å². The molecule has 4 rings (SSSR count). The Hall–Kier alpha value is -2.93. The first kappa shape index (κ1) is 19.4. The van der Waals surface area contributed by atoms with E-state index in [9.17, 15) is 4.79 Å². The first-order valence-corrected chi connectivity index (χ1v) is 10.2. The van der Waals surface area contributed by atoms with Crippen molar-refractivity contribution in [3.63, 3.8) is 0 Å². The molecule has 2 heterocycles. The van der Waals surface area contributed by atoms with Gasteiger partial charge in [-0.3, -0.25) is 4.79 Å². The van der Waals surface area contributed by atoms with E-state index in [-0.39, 0.29) is 11.9 Å². The van der Waals surface area contributed by atoms with Crippen LogP contribution in [0.3, 0.4) is 0 Å². The Labute approximate surface area is 174 Å². The Balaban J connectivity index is 1.46. The van der Waals surface area contributed by atoms with Crippen LogP contribution in [-0.4, -0.2) is 43.6 Å². The van der Waals surface area contributed by atoms with Gasteiger partial charge in [-0.2, -0.15) is 4.68 Å². The van der Waals surface area contributed by atoms with Gasteiger partial charge in [0.1, 0.15) is 0 Å². The van der Waals surface area contributed by atoms with Crippen molar-refractivity contribution in [3.8, 4) is 5.69 Å². The van der Waals surface area contributed by atoms with Gasteiger partial charge < -0.3 is 10.2 Å². The van der Waals surface area contributed by atoms with E-state index in [1.165, 1.54) is 6.42 Å². The van der Waals surface area contributed by atoms with E-state index in [1.807, 2.05) is 41.3 Å². The zero-order chi connectivity index (χ0) is 20.2. The lowest BCUT2D eigenvalue weighted by Crippen LogP contribution is -2.42. The molecular formula is C21H23ClN6O. The van der Waals surface area contributed by atoms with Crippen LogP contribution in [-0.2, 0) is 6.54 Å². The van der Waals surface area contributed by atoms with E-state index in [2.05, 4.69) is 27.8 Å². The predicted molar refractivity (Wildman–Crippen MR) is 112 cm³/mol. The van der Waals surface area contributed by atoms with Gasteiger partial charge in [0.25, 0.3) is 5.91 Å². The van der Waals surface area contributed by atoms with E-state index in [1.54, 1.807) is 16.8 Å². The average molecular weight is 411 g/mol. The molecular weight excluding hydrogens is 388 g/mol. The number of nitrogens with zero attached hydrogens (tertiary/aromatic N) is 5. The summed E-state index contributed by atoms with van der Waals surface area (Å²) in [6, 6.07) is 15.4. The van der Waals surface area contributed by atoms with E-state index in [4.69, 9.17) is 11.6 Å². The maximum absolute atomic E-state index is 12.9. The minimum absolute atomic E-state index is 0.00164. The van der Waals surface area contributed by atoms with Crippen LogP contribution in [0.4, 0.5) is 5.69 Å². The molecule has 8 heteroatoms. The number of carbonyl (C=O) groups excluding carboxylic acids is 1. The largest absolute Gasteiger partial charge is 0.378 e. The van der Waals surface area contributed by atoms with Crippen LogP contribution < -0.4 is 5.32 Å². The minimum atomic E-state index is 0.00164. The molecule has 0 saturated carbocycles. The van der Waals surface area contributed by atoms with Crippen molar-refractivity contribution >= 4 is 23.2 Å². The zero-order valence-electron chi connectivity index (χ0n) is 16.3. The standard InChI is InChI=1S/C21H23ClN6O/c1-15-7-5-6-12-27(15)21(29)18-11-10-16(13-19(18)22)23-14-20-24-25-26-28(20)17-8-3-2-4-9-17/h2-4,8-11,13,15,23H,5-7,12,14H2,1H3. The van der Waals surface area contributed by atoms with Crippen LogP contribution in [0.1, 0.15) is 42.4 Å². The molecule has 0 bridgehead atoms. The normalized spacial score (nSPS) is 16.6. The summed E-state index contributed by atoms with van der Waals surface area (Å²) >= 11 is 6.45. The van der Waals surface area contributed by atoms with Crippen LogP contribution in [0.5, 0.6) is 0 Å². The fourth-order valence-electron chi connectivity index (χ4n) is 3.62. The van der Waals surface area contributed by atoms with Gasteiger partial charge in [-0.1, -0.05) is 29.8 Å². The highest BCUT2D eigenvalue weighted by molar-refractivity contribution is 6.34. The van der Waals surface area contributed by atoms with Gasteiger partial charge in [0, 0.05) is 18.3 Å². The average Bonchev–Trinajstić information content (AvgIpc) is 3.21. The number of carbonyl (C=O) groups is 1. The number of nitrogens with one attached hydrogen (secondary N) is 1. The lowest BCUT2D eigenvalue weighted by molar-refractivity contribution is 0.0636. The van der Waals surface area contributed by atoms with Crippen LogP contribution in [0.25, 0.3) is 5.69 Å². The Morgan fingerprint density at radius 1 is 1.21 bits per heavy atom. The summed E-state index contributed by atoms with van der Waals surface area (Å²) in [6.45, 7) is 3.31. The molecule has 1 saturated heterocycles. The third-order valence-corrected chi connectivity index (χ3v) is 5.56. The molecule has 0 radical (unpaired) electrons. The first-order chi connectivity index (χ1) is 14.1. The summed E-state index contributed by atoms with van der Waals surface area (Å²) in [5.74, 6) is 0.677. The molecule has 0 spiro atoms. The smallest absolute Gasteiger partial charge is 0.255 e. The molecule has 1 N–H and O–H groups in total. The number of likely N-dealkylation sites (tertiary alicyclic amines) is 1. The van der Waals surface area contributed by atoms with Crippen LogP contribution >= 0.6 is 11.6 Å². The Morgan fingerprint density at radius 2 is 2.03 bits per heavy atom. The van der Waals surface area contributed by atoms with Gasteiger partial charge >= 0.3 is 0 Å². The number of halogens is 1. The second-order valence-corrected chi connectivity index (χ2v) is 7.64. The van der Waals surface area contributed by atoms with Gasteiger partial charge in [0.2, 0.25) is 0 Å². The number of rotatable bonds is 5. The molecule has 0 aliphatic carbocycles. The molecule has 3 aromatic rings. The molecule has 1 aliphatic rings. The zero-order valence-corrected chi connectivity index (χ0v) is 17.0. The SMILES string of the molecule is CC1CCCCN1C(=O)c1ccc(NCc2nnnn2-c2ccccc2)cc1Cl. The van der Waals surface area contributed by atoms with Gasteiger partial charge in [0.05, 0.1) is 22.8 Å². The molecule has 150 valence electrons. The van der Waals surface area contributed by atoms with Crippen molar-refractivity contribution in [2.24, 2.45) is 0 Å². The molecule has 1 aromatic heterocycles. The fraction of sp³-hybridized carbons (Fsp3) is 0.333. The van der Waals surface area contributed by atoms with Crippen LogP contribution in [0.2, 0.25) is 5.02 Å². The highest BCUT2D eigenvalue weighted by Crippen LogP contribution is 2.26. The Morgan fingerprint density at radius 3 is 2.79 bits per heavy atom. The maximum atomic E-state index is 12.9. The van der Waals surface area contributed by atoms with E-state index >= 15 is 0 Å². The molecule has 1 fully saturated rings. The van der Waals surface area contributed by atoms with Crippen molar-refractivity contribution in [1.29, 1.82) is 0 Å². The van der Waals surface area contributed by atoms with E-state index < -0.39 is 0 Å². The van der Waals surface area contributed by atoms with Crippen LogP contribution in [0, 0.1) is 0 Å². The van der Waals surface area contributed by atoms with Crippen molar-refractivity contribution in [2.45, 2.75) is 38.8 Å². The number of aromatic nitrogens is 4. The summed E-state index contributed by atoms with van der Waals surface area (Å²) in [7, 11) is 0. The lowest BCUT2D eigenvalue weighted by Gasteiger charge is -2.33. The molecule has 1 atom stereocenters. The van der Waals surface area contributed by atoms with Crippen molar-refractivity contribution < 1.29 is 4.79 Å². The maximum Gasteiger partial charge on any atom is 0.255 e. The summed E-state index contributed by atoms with van der Waals surface area (Å²) < 4.78 is 1.68. The number of benzene rings is 2. The third-order valence-electron chi connectivity index (χ3n) is 5.25.